The van der Waals surface area contributed by atoms with Gasteiger partial charge in [0.15, 0.2) is 40.7 Å². The number of likely N-dealkylation sites (N-methyl/N-ethyl adjacent to an activating group) is 5. The van der Waals surface area contributed by atoms with Crippen molar-refractivity contribution in [3.63, 3.8) is 0 Å². The maximum atomic E-state index is 13.1. The monoisotopic (exact) mass is 2200 g/mol. The van der Waals surface area contributed by atoms with E-state index in [0.29, 0.717) is 65.5 Å². The fourth-order valence-electron chi connectivity index (χ4n) is 20.2. The first-order valence-electron chi connectivity index (χ1n) is 49.6. The predicted molar refractivity (Wildman–Crippen MR) is 566 cm³/mol. The number of allylic oxidation sites excluding steroid dienone is 6. The van der Waals surface area contributed by atoms with Crippen LogP contribution in [0.3, 0.4) is 0 Å². The van der Waals surface area contributed by atoms with Crippen LogP contribution in [0, 0.1) is 13.0 Å². The van der Waals surface area contributed by atoms with E-state index < -0.39 is 23.8 Å². The minimum atomic E-state index is -1.15. The smallest absolute Gasteiger partial charge is 1.00 e. The van der Waals surface area contributed by atoms with Gasteiger partial charge in [-0.05, 0) is 131 Å². The number of halogens is 3. The second-order valence-corrected chi connectivity index (χ2v) is 36.9. The zero-order chi connectivity index (χ0) is 104. The quantitative estimate of drug-likeness (QED) is 0.0165. The van der Waals surface area contributed by atoms with Crippen LogP contribution in [0.25, 0.3) is 22.6 Å². The number of ketones is 1. The fraction of sp³-hybridized carbons (Fsp3) is 0.500. The Hall–Kier alpha value is -11.9. The first kappa shape index (κ1) is 123. The summed E-state index contributed by atoms with van der Waals surface area (Å²) in [6, 6.07) is 20.2. The van der Waals surface area contributed by atoms with Crippen molar-refractivity contribution in [1.29, 1.82) is 0 Å². The van der Waals surface area contributed by atoms with Crippen LogP contribution in [0.4, 0.5) is 57.5 Å². The molecule has 0 saturated heterocycles. The Kier molecular flexibility index (Phi) is 49.0. The van der Waals surface area contributed by atoms with Gasteiger partial charge in [-0.25, -0.2) is 60.2 Å². The Labute approximate surface area is 913 Å². The van der Waals surface area contributed by atoms with Crippen LogP contribution in [-0.2, 0) is 70.1 Å². The van der Waals surface area contributed by atoms with E-state index in [1.807, 2.05) is 119 Å². The number of benzene rings is 2. The zero-order valence-electron chi connectivity index (χ0n) is 87.2. The van der Waals surface area contributed by atoms with Crippen molar-refractivity contribution < 1.29 is 106 Å². The van der Waals surface area contributed by atoms with Gasteiger partial charge in [-0.3, -0.25) is 53.1 Å². The molecule has 6 aliphatic carbocycles. The number of carboxylic acid groups (broad SMARTS) is 3. The molecule has 11 aliphatic rings. The molecular weight excluding hydrogens is 2060 g/mol. The predicted octanol–water partition coefficient (Wildman–Crippen LogP) is 12.0. The van der Waals surface area contributed by atoms with Gasteiger partial charge in [-0.2, -0.15) is 10.1 Å². The van der Waals surface area contributed by atoms with Gasteiger partial charge >= 0.3 is 34.9 Å². The van der Waals surface area contributed by atoms with Crippen molar-refractivity contribution in [3.8, 4) is 22.6 Å². The van der Waals surface area contributed by atoms with Crippen LogP contribution in [0.5, 0.6) is 0 Å². The second kappa shape index (κ2) is 58.9. The van der Waals surface area contributed by atoms with Gasteiger partial charge in [0.1, 0.15) is 64.3 Å². The largest absolute Gasteiger partial charge is 2.00 e. The van der Waals surface area contributed by atoms with Crippen LogP contribution >= 0.6 is 24.0 Å². The molecule has 0 radical (unpaired) electrons. The first-order valence-corrected chi connectivity index (χ1v) is 50.0. The third-order valence-electron chi connectivity index (χ3n) is 27.4. The maximum Gasteiger partial charge on any atom is 2.00 e. The summed E-state index contributed by atoms with van der Waals surface area (Å²) in [6.07, 6.45) is 46.7. The number of carbonyl (C=O) groups is 10. The zero-order valence-corrected chi connectivity index (χ0v) is 92.5. The average molecular weight is 2200 g/mol. The van der Waals surface area contributed by atoms with Crippen molar-refractivity contribution in [3.05, 3.63) is 169 Å². The number of anilines is 10. The van der Waals surface area contributed by atoms with E-state index >= 15 is 0 Å². The number of hydrogen-bond acceptors (Lipinski definition) is 29. The minimum Gasteiger partial charge on any atom is -1.00 e. The van der Waals surface area contributed by atoms with Crippen molar-refractivity contribution >= 4 is 164 Å². The minimum absolute atomic E-state index is 0. The number of hydrogen-bond donors (Lipinski definition) is 5. The molecule has 5 saturated carbocycles. The first-order chi connectivity index (χ1) is 69.2. The number of aromatic carboxylic acids is 1. The van der Waals surface area contributed by atoms with Crippen molar-refractivity contribution in [2.75, 3.05) is 113 Å². The Balaban J connectivity index is 0.000000239. The maximum absolute atomic E-state index is 13.1. The normalized spacial score (nSPS) is 18.9. The Morgan fingerprint density at radius 1 is 0.486 bits per heavy atom. The molecule has 5 fully saturated rings. The van der Waals surface area contributed by atoms with Crippen LogP contribution < -0.4 is 66.9 Å². The molecule has 796 valence electrons. The van der Waals surface area contributed by atoms with E-state index in [1.54, 1.807) is 91.6 Å². The molecule has 148 heavy (non-hydrogen) atoms. The molecule has 8 aromatic rings. The Morgan fingerprint density at radius 2 is 0.797 bits per heavy atom. The number of rotatable bonds is 19. The molecule has 2 aromatic carbocycles. The van der Waals surface area contributed by atoms with E-state index in [0.717, 1.165) is 185 Å². The summed E-state index contributed by atoms with van der Waals surface area (Å²) in [6.45, 7) is 16.0. The third kappa shape index (κ3) is 29.7. The molecule has 5 aliphatic heterocycles. The van der Waals surface area contributed by atoms with E-state index in [1.165, 1.54) is 58.9 Å². The molecule has 6 aromatic heterocycles. The number of hydroxylamine groups is 3. The van der Waals surface area contributed by atoms with E-state index in [4.69, 9.17) is 46.3 Å². The number of amides is 6. The van der Waals surface area contributed by atoms with Crippen LogP contribution in [-0.4, -0.2) is 287 Å². The van der Waals surface area contributed by atoms with Gasteiger partial charge in [0, 0.05) is 132 Å². The third-order valence-corrected chi connectivity index (χ3v) is 27.5. The van der Waals surface area contributed by atoms with Gasteiger partial charge in [0.2, 0.25) is 52.3 Å². The van der Waals surface area contributed by atoms with E-state index in [2.05, 4.69) is 117 Å². The number of H-pyrrole nitrogens is 1. The van der Waals surface area contributed by atoms with Crippen LogP contribution in [0.1, 0.15) is 246 Å². The number of nitrogens with one attached hydrogen (secondary N) is 2. The number of carbonyl (C=O) groups excluding carboxylic acids is 7. The molecule has 5 atom stereocenters. The van der Waals surface area contributed by atoms with Gasteiger partial charge in [-0.1, -0.05) is 171 Å². The standard InChI is InChI=1S/C23H26N6O.C22H26N4O2.C17H25N5O3.C15H20N4O3.C14H19ClN4O.C7H6.C2H7NO.2C2H4O2.2ClH.Mg.Pd/c1-3-18-23(30)28(2)19-14-24-21(26-22(19)29(18)16-11-7-8-12-16)20-17(13-25-27-20)15-9-5-4-6-10-15;1-3-17-22(28)25(2)18-14-23-20(19(27)13-15-9-5-4-6-10-15)24-21(18)26(17)16-11-7-8-12-16;1-5-12-16(23)20(2)13-10-18-14(17(24)21(3)25-4)19-15(13)22(12)11-8-6-7-9-11;1-3-10-14(20)18(2)11-8-16-12(15(21)22)17-13(11)19(10)9-6-4-5-7-9;1-3-10-13(20)18(2)11-8-16-14(15)17-12(11)19(10)9-6-4-5-7-9;1-7-5-3-2-4-6-7;1-3-4-2;2*1-2(3)4;;;;/h4-6,9-10,13-14,16,18H,3,7-8,11-12H2,1-2H3,(H,25,27);4-6,9-10,14,16-17H,3,7-8,11-13H2,1-2H3;10-12H,5-9H2,1-4H3;8-10H,3-7H2,1-2H3,(H,21,22);8-10H,3-7H2,1-2H3;2-3,5-6H,1H2;3H,1-2H3;2*1H3,(H,3,4);2*1H;;/q;;;;;;;;;;;+2;/p-1/t18-;17-;12-;2*10-;;;;;;;;/m11111......../s1. The molecule has 0 bridgehead atoms. The van der Waals surface area contributed by atoms with Crippen molar-refractivity contribution in [2.45, 2.75) is 276 Å². The SMILES string of the molecule is CC(=O)O.CC(=O)O.CC[C@@H]1C(=O)N(C)c2cnc(-c3[nH]ncc3-c3ccccc3)nc2N1C1CCCC1.CC[C@@H]1C(=O)N(C)c2cnc(C(=O)Cc3ccccc3)nc2N1C1CCCC1.CC[C@@H]1C(=O)N(C)c2cnc(C(=O)N(C)OC)nc2N1C1CCCC1.CC[C@@H]1C(=O)N(C)c2cnc(C(=O)O)nc2N1C1CCCC1.CC[C@@H]1C(=O)N(C)c2cnc(Cl)nc2N1C1CCCC1.CNOC.Cl.[CH2-]C1=CC=C[C+]=C1.[Cl-].[Mg+2].[Pd]. The molecule has 5 N–H and O–H groups in total. The number of fused-ring (bicyclic) bond motifs is 5. The Bertz CT molecular complexity index is 5850. The van der Waals surface area contributed by atoms with Crippen molar-refractivity contribution in [1.82, 2.24) is 70.6 Å². The molecule has 19 rings (SSSR count). The number of Topliss-reactive ketones (excluding diaryl/α,β-unsaturated/α-hetero) is 1. The number of aromatic amines is 1. The molecular formula is C104H138Cl3MgN24O15Pd+. The molecule has 6 amide bonds. The molecule has 44 heteroatoms. The number of nitrogens with zero attached hydrogens (tertiary/aromatic N) is 22. The number of carboxylic acids is 3. The summed E-state index contributed by atoms with van der Waals surface area (Å²) >= 11 is 5.97. The van der Waals surface area contributed by atoms with Crippen LogP contribution in [0.2, 0.25) is 5.28 Å². The van der Waals surface area contributed by atoms with E-state index in [-0.39, 0.29) is 175 Å². The number of aliphatic carboxylic acids is 2. The van der Waals surface area contributed by atoms with Gasteiger partial charge in [-0.15, -0.1) is 19.3 Å². The summed E-state index contributed by atoms with van der Waals surface area (Å²) in [5.41, 5.74) is 10.7. The van der Waals surface area contributed by atoms with Crippen LogP contribution in [0.15, 0.2) is 128 Å². The van der Waals surface area contributed by atoms with Gasteiger partial charge < -0.3 is 81.6 Å². The fourth-order valence-corrected chi connectivity index (χ4v) is 20.3. The molecule has 11 heterocycles. The molecule has 0 spiro atoms. The Morgan fingerprint density at radius 3 is 1.11 bits per heavy atom. The van der Waals surface area contributed by atoms with Crippen molar-refractivity contribution in [2.24, 2.45) is 0 Å². The summed E-state index contributed by atoms with van der Waals surface area (Å²) in [5, 5.41) is 32.7. The average Bonchev–Trinajstić information content (AvgIpc) is 1.37. The molecule has 39 nitrogen and oxygen atoms in total. The number of aromatic nitrogens is 12. The second-order valence-electron chi connectivity index (χ2n) is 36.6. The summed E-state index contributed by atoms with van der Waals surface area (Å²) in [5.74, 6) is 1.39. The summed E-state index contributed by atoms with van der Waals surface area (Å²) in [4.78, 5) is 190. The molecule has 0 unspecified atom stereocenters. The van der Waals surface area contributed by atoms with E-state index in [9.17, 15) is 38.4 Å². The van der Waals surface area contributed by atoms with Gasteiger partial charge in [0.25, 0.3) is 11.9 Å². The summed E-state index contributed by atoms with van der Waals surface area (Å²) < 4.78 is 0. The topological polar surface area (TPSA) is 455 Å². The van der Waals surface area contributed by atoms with Gasteiger partial charge in [0.05, 0.1) is 57.5 Å². The summed E-state index contributed by atoms with van der Waals surface area (Å²) in [7, 11) is 15.0.